The van der Waals surface area contributed by atoms with E-state index in [1.54, 1.807) is 12.1 Å². The molecule has 0 aliphatic heterocycles. The monoisotopic (exact) mass is 198 g/mol. The molecule has 0 fully saturated rings. The van der Waals surface area contributed by atoms with Crippen molar-refractivity contribution in [1.82, 2.24) is 0 Å². The molecule has 0 radical (unpaired) electrons. The molecule has 1 aromatic carbocycles. The van der Waals surface area contributed by atoms with E-state index < -0.39 is 8.03 Å². The van der Waals surface area contributed by atoms with Crippen LogP contribution in [0.2, 0.25) is 0 Å². The van der Waals surface area contributed by atoms with Crippen molar-refractivity contribution in [1.29, 1.82) is 0 Å². The maximum atomic E-state index is 10.8. The van der Waals surface area contributed by atoms with Crippen molar-refractivity contribution in [3.05, 3.63) is 23.8 Å². The summed E-state index contributed by atoms with van der Waals surface area (Å²) in [5.74, 6) is 0. The normalized spacial score (nSPS) is 11.2. The predicted octanol–water partition coefficient (Wildman–Crippen LogP) is 1.42. The Balaban J connectivity index is 3.13. The second-order valence-corrected chi connectivity index (χ2v) is 4.20. The highest BCUT2D eigenvalue weighted by Gasteiger charge is 2.16. The van der Waals surface area contributed by atoms with Crippen LogP contribution in [-0.4, -0.2) is 19.0 Å². The molecule has 0 bridgehead atoms. The topological polar surface area (TPSA) is 40.5 Å². The lowest BCUT2D eigenvalue weighted by Gasteiger charge is -2.14. The number of rotatable bonds is 2. The highest BCUT2D eigenvalue weighted by atomic mass is 31.1. The van der Waals surface area contributed by atoms with Crippen molar-refractivity contribution in [3.8, 4) is 0 Å². The fourth-order valence-corrected chi connectivity index (χ4v) is 1.77. The third-order valence-corrected chi connectivity index (χ3v) is 2.60. The van der Waals surface area contributed by atoms with Gasteiger partial charge in [0.2, 0.25) is 5.30 Å². The lowest BCUT2D eigenvalue weighted by atomic mass is 10.2. The van der Waals surface area contributed by atoms with Crippen LogP contribution < -0.4 is 10.2 Å². The van der Waals surface area contributed by atoms with Crippen LogP contribution in [0, 0.1) is 6.92 Å². The van der Waals surface area contributed by atoms with Crippen molar-refractivity contribution >= 4 is 19.0 Å². The van der Waals surface area contributed by atoms with E-state index in [4.69, 9.17) is 4.89 Å². The molecule has 1 N–H and O–H groups in total. The molecule has 0 saturated carbocycles. The van der Waals surface area contributed by atoms with Crippen molar-refractivity contribution in [2.75, 3.05) is 19.0 Å². The zero-order chi connectivity index (χ0) is 10.0. The fraction of sp³-hybridized carbons (Fsp3) is 0.333. The summed E-state index contributed by atoms with van der Waals surface area (Å²) in [7, 11) is 1.68. The molecule has 0 aliphatic rings. The molecule has 0 saturated heterocycles. The van der Waals surface area contributed by atoms with Crippen molar-refractivity contribution in [2.45, 2.75) is 6.92 Å². The number of hydrogen-bond acceptors (Lipinski definition) is 2. The summed E-state index contributed by atoms with van der Waals surface area (Å²) in [6.45, 7) is 1.93. The maximum absolute atomic E-state index is 10.8. The van der Waals surface area contributed by atoms with E-state index in [1.807, 2.05) is 32.0 Å². The number of benzene rings is 1. The average molecular weight is 198 g/mol. The van der Waals surface area contributed by atoms with Gasteiger partial charge >= 0.3 is 8.03 Å². The van der Waals surface area contributed by atoms with Gasteiger partial charge < -0.3 is 4.90 Å². The molecule has 0 amide bonds. The molecule has 0 aromatic heterocycles. The van der Waals surface area contributed by atoms with Crippen LogP contribution in [-0.2, 0) is 4.57 Å². The van der Waals surface area contributed by atoms with Gasteiger partial charge in [0.1, 0.15) is 0 Å². The molecule has 0 spiro atoms. The molecular formula is C9H13NO2P+. The zero-order valence-corrected chi connectivity index (χ0v) is 8.88. The molecule has 0 heterocycles. The summed E-state index contributed by atoms with van der Waals surface area (Å²) in [5, 5.41) is 0.484. The van der Waals surface area contributed by atoms with Crippen LogP contribution >= 0.6 is 8.03 Å². The highest BCUT2D eigenvalue weighted by molar-refractivity contribution is 7.47. The van der Waals surface area contributed by atoms with E-state index in [9.17, 15) is 4.57 Å². The SMILES string of the molecule is Cc1cc([P+](=O)O)ccc1N(C)C. The molecule has 1 unspecified atom stereocenters. The lowest BCUT2D eigenvalue weighted by Crippen LogP contribution is -2.11. The Hall–Kier alpha value is -0.920. The van der Waals surface area contributed by atoms with Crippen LogP contribution in [0.3, 0.4) is 0 Å². The number of anilines is 1. The molecule has 1 aromatic rings. The minimum Gasteiger partial charge on any atom is -0.377 e. The predicted molar refractivity (Wildman–Crippen MR) is 55.0 cm³/mol. The van der Waals surface area contributed by atoms with Gasteiger partial charge in [0.05, 0.1) is 0 Å². The van der Waals surface area contributed by atoms with Gasteiger partial charge in [-0.2, -0.15) is 4.89 Å². The van der Waals surface area contributed by atoms with Crippen molar-refractivity contribution < 1.29 is 9.46 Å². The Labute approximate surface area is 78.9 Å². The van der Waals surface area contributed by atoms with Gasteiger partial charge in [0.25, 0.3) is 0 Å². The van der Waals surface area contributed by atoms with Crippen LogP contribution in [0.5, 0.6) is 0 Å². The van der Waals surface area contributed by atoms with Crippen molar-refractivity contribution in [2.24, 2.45) is 0 Å². The van der Waals surface area contributed by atoms with Crippen LogP contribution in [0.25, 0.3) is 0 Å². The summed E-state index contributed by atoms with van der Waals surface area (Å²) in [5.41, 5.74) is 2.08. The first-order chi connectivity index (χ1) is 6.02. The van der Waals surface area contributed by atoms with Gasteiger partial charge in [-0.15, -0.1) is 0 Å². The van der Waals surface area contributed by atoms with Gasteiger partial charge in [0.15, 0.2) is 0 Å². The number of nitrogens with zero attached hydrogens (tertiary/aromatic N) is 1. The minimum absolute atomic E-state index is 0.484. The second kappa shape index (κ2) is 3.86. The first-order valence-corrected chi connectivity index (χ1v) is 5.17. The Morgan fingerprint density at radius 2 is 2.00 bits per heavy atom. The Bertz CT molecular complexity index is 336. The summed E-state index contributed by atoms with van der Waals surface area (Å²) < 4.78 is 10.8. The molecule has 1 rings (SSSR count). The third kappa shape index (κ3) is 2.27. The fourth-order valence-electron chi connectivity index (χ4n) is 1.26. The van der Waals surface area contributed by atoms with Gasteiger partial charge in [-0.3, -0.25) is 0 Å². The lowest BCUT2D eigenvalue weighted by molar-refractivity contribution is 0.513. The molecule has 4 heteroatoms. The summed E-state index contributed by atoms with van der Waals surface area (Å²) in [4.78, 5) is 10.8. The zero-order valence-electron chi connectivity index (χ0n) is 7.98. The number of hydrogen-bond donors (Lipinski definition) is 1. The van der Waals surface area contributed by atoms with E-state index in [-0.39, 0.29) is 0 Å². The van der Waals surface area contributed by atoms with Gasteiger partial charge in [-0.1, -0.05) is 0 Å². The van der Waals surface area contributed by atoms with E-state index in [0.29, 0.717) is 5.30 Å². The Morgan fingerprint density at radius 3 is 2.38 bits per heavy atom. The number of aryl methyl sites for hydroxylation is 1. The highest BCUT2D eigenvalue weighted by Crippen LogP contribution is 2.20. The summed E-state index contributed by atoms with van der Waals surface area (Å²) >= 11 is 0. The second-order valence-electron chi connectivity index (χ2n) is 3.14. The standard InChI is InChI=1S/C9H12NO2P/c1-7-6-8(13(11)12)4-5-9(7)10(2)3/h4-6H,1-3H3/p+1. The minimum atomic E-state index is -2.21. The molecule has 70 valence electrons. The van der Waals surface area contributed by atoms with Crippen molar-refractivity contribution in [3.63, 3.8) is 0 Å². The van der Waals surface area contributed by atoms with Gasteiger partial charge in [-0.05, 0) is 35.3 Å². The first-order valence-electron chi connectivity index (χ1n) is 3.96. The quantitative estimate of drug-likeness (QED) is 0.730. The van der Waals surface area contributed by atoms with E-state index in [0.717, 1.165) is 11.3 Å². The van der Waals surface area contributed by atoms with Crippen LogP contribution in [0.1, 0.15) is 5.56 Å². The molecule has 3 nitrogen and oxygen atoms in total. The van der Waals surface area contributed by atoms with E-state index in [2.05, 4.69) is 0 Å². The Morgan fingerprint density at radius 1 is 1.38 bits per heavy atom. The molecular weight excluding hydrogens is 185 g/mol. The van der Waals surface area contributed by atoms with Gasteiger partial charge in [0, 0.05) is 19.8 Å². The molecule has 1 atom stereocenters. The smallest absolute Gasteiger partial charge is 0.377 e. The first kappa shape index (κ1) is 10.2. The maximum Gasteiger partial charge on any atom is 0.546 e. The summed E-state index contributed by atoms with van der Waals surface area (Å²) in [6.07, 6.45) is 0. The van der Waals surface area contributed by atoms with Crippen LogP contribution in [0.4, 0.5) is 5.69 Å². The summed E-state index contributed by atoms with van der Waals surface area (Å²) in [6, 6.07) is 5.28. The Kier molecular flexibility index (Phi) is 3.02. The molecule has 13 heavy (non-hydrogen) atoms. The molecule has 0 aliphatic carbocycles. The van der Waals surface area contributed by atoms with Gasteiger partial charge in [-0.25, -0.2) is 0 Å². The van der Waals surface area contributed by atoms with Crippen LogP contribution in [0.15, 0.2) is 18.2 Å². The largest absolute Gasteiger partial charge is 0.546 e. The van der Waals surface area contributed by atoms with E-state index >= 15 is 0 Å². The van der Waals surface area contributed by atoms with E-state index in [1.165, 1.54) is 0 Å². The average Bonchev–Trinajstić information content (AvgIpc) is 2.03. The third-order valence-electron chi connectivity index (χ3n) is 1.88.